The maximum Gasteiger partial charge on any atom is 0.220 e. The van der Waals surface area contributed by atoms with Crippen LogP contribution in [0.25, 0.3) is 0 Å². The SMILES string of the molecule is CN=C(NCCCC(=O)NC1CC1)NC(C)c1ccc(Cl)c(Cl)c1. The second-order valence-electron chi connectivity index (χ2n) is 5.98. The molecular weight excluding hydrogens is 347 g/mol. The maximum atomic E-state index is 11.6. The standard InChI is InChI=1S/C17H24Cl2N4O/c1-11(12-5-8-14(18)15(19)10-12)22-17(20-2)21-9-3-4-16(24)23-13-6-7-13/h5,8,10-11,13H,3-4,6-7,9H2,1-2H3,(H,23,24)(H2,20,21,22). The van der Waals surface area contributed by atoms with Gasteiger partial charge in [-0.3, -0.25) is 9.79 Å². The Bertz CT molecular complexity index is 602. The molecule has 2 rings (SSSR count). The molecule has 0 radical (unpaired) electrons. The van der Waals surface area contributed by atoms with E-state index >= 15 is 0 Å². The van der Waals surface area contributed by atoms with Crippen molar-refractivity contribution in [2.24, 2.45) is 4.99 Å². The molecule has 0 aromatic heterocycles. The van der Waals surface area contributed by atoms with Crippen LogP contribution < -0.4 is 16.0 Å². The number of hydrogen-bond donors (Lipinski definition) is 3. The van der Waals surface area contributed by atoms with Gasteiger partial charge in [0.1, 0.15) is 0 Å². The number of aliphatic imine (C=N–C) groups is 1. The van der Waals surface area contributed by atoms with Gasteiger partial charge in [0.25, 0.3) is 0 Å². The molecule has 0 saturated heterocycles. The highest BCUT2D eigenvalue weighted by atomic mass is 35.5. The van der Waals surface area contributed by atoms with Gasteiger partial charge in [-0.2, -0.15) is 0 Å². The fourth-order valence-corrected chi connectivity index (χ4v) is 2.55. The number of halogens is 2. The van der Waals surface area contributed by atoms with Crippen LogP contribution in [0, 0.1) is 0 Å². The summed E-state index contributed by atoms with van der Waals surface area (Å²) in [4.78, 5) is 15.8. The van der Waals surface area contributed by atoms with E-state index in [-0.39, 0.29) is 11.9 Å². The Kier molecular flexibility index (Phi) is 7.18. The van der Waals surface area contributed by atoms with Crippen molar-refractivity contribution in [1.82, 2.24) is 16.0 Å². The van der Waals surface area contributed by atoms with Crippen molar-refractivity contribution in [1.29, 1.82) is 0 Å². The molecule has 0 aliphatic heterocycles. The first-order valence-corrected chi connectivity index (χ1v) is 8.96. The first-order valence-electron chi connectivity index (χ1n) is 8.21. The summed E-state index contributed by atoms with van der Waals surface area (Å²) in [6.45, 7) is 2.71. The molecule has 1 aliphatic rings. The summed E-state index contributed by atoms with van der Waals surface area (Å²) >= 11 is 12.0. The van der Waals surface area contributed by atoms with E-state index in [9.17, 15) is 4.79 Å². The normalized spacial score (nSPS) is 15.8. The quantitative estimate of drug-likeness (QED) is 0.392. The van der Waals surface area contributed by atoms with Gasteiger partial charge in [0.2, 0.25) is 5.91 Å². The first-order chi connectivity index (χ1) is 11.5. The van der Waals surface area contributed by atoms with Crippen LogP contribution in [0.4, 0.5) is 0 Å². The highest BCUT2D eigenvalue weighted by Crippen LogP contribution is 2.25. The zero-order valence-corrected chi connectivity index (χ0v) is 15.5. The molecule has 3 N–H and O–H groups in total. The van der Waals surface area contributed by atoms with Gasteiger partial charge in [0, 0.05) is 26.1 Å². The van der Waals surface area contributed by atoms with Gasteiger partial charge in [0.05, 0.1) is 16.1 Å². The lowest BCUT2D eigenvalue weighted by molar-refractivity contribution is -0.121. The highest BCUT2D eigenvalue weighted by molar-refractivity contribution is 6.42. The Morgan fingerprint density at radius 1 is 1.33 bits per heavy atom. The monoisotopic (exact) mass is 370 g/mol. The fraction of sp³-hybridized carbons (Fsp3) is 0.529. The molecule has 1 unspecified atom stereocenters. The second kappa shape index (κ2) is 9.14. The van der Waals surface area contributed by atoms with Crippen LogP contribution >= 0.6 is 23.2 Å². The molecule has 1 aromatic rings. The molecule has 1 fully saturated rings. The van der Waals surface area contributed by atoms with Gasteiger partial charge in [-0.15, -0.1) is 0 Å². The molecule has 1 atom stereocenters. The van der Waals surface area contributed by atoms with Crippen molar-refractivity contribution < 1.29 is 4.79 Å². The maximum absolute atomic E-state index is 11.6. The van der Waals surface area contributed by atoms with Crippen molar-refractivity contribution in [3.63, 3.8) is 0 Å². The van der Waals surface area contributed by atoms with Crippen molar-refractivity contribution in [3.8, 4) is 0 Å². The van der Waals surface area contributed by atoms with Crippen molar-refractivity contribution in [2.45, 2.75) is 44.7 Å². The molecule has 1 amide bonds. The Morgan fingerprint density at radius 3 is 2.71 bits per heavy atom. The van der Waals surface area contributed by atoms with E-state index in [0.717, 1.165) is 24.8 Å². The number of carbonyl (C=O) groups excluding carboxylic acids is 1. The third-order valence-corrected chi connectivity index (χ3v) is 4.58. The number of nitrogens with zero attached hydrogens (tertiary/aromatic N) is 1. The van der Waals surface area contributed by atoms with Gasteiger partial charge in [0.15, 0.2) is 5.96 Å². The summed E-state index contributed by atoms with van der Waals surface area (Å²) in [6, 6.07) is 6.01. The van der Waals surface area contributed by atoms with Crippen LogP contribution in [0.5, 0.6) is 0 Å². The van der Waals surface area contributed by atoms with Gasteiger partial charge < -0.3 is 16.0 Å². The number of guanidine groups is 1. The van der Waals surface area contributed by atoms with E-state index in [1.54, 1.807) is 13.1 Å². The zero-order chi connectivity index (χ0) is 17.5. The van der Waals surface area contributed by atoms with E-state index in [1.807, 2.05) is 19.1 Å². The third kappa shape index (κ3) is 6.21. The number of rotatable bonds is 7. The Hall–Kier alpha value is -1.46. The lowest BCUT2D eigenvalue weighted by atomic mass is 10.1. The minimum Gasteiger partial charge on any atom is -0.356 e. The summed E-state index contributed by atoms with van der Waals surface area (Å²) in [5.74, 6) is 0.822. The summed E-state index contributed by atoms with van der Waals surface area (Å²) in [6.07, 6.45) is 3.53. The topological polar surface area (TPSA) is 65.5 Å². The molecule has 1 aromatic carbocycles. The first kappa shape index (κ1) is 18.9. The Morgan fingerprint density at radius 2 is 2.08 bits per heavy atom. The van der Waals surface area contributed by atoms with Gasteiger partial charge in [-0.25, -0.2) is 0 Å². The van der Waals surface area contributed by atoms with E-state index in [2.05, 4.69) is 20.9 Å². The number of nitrogens with one attached hydrogen (secondary N) is 3. The number of hydrogen-bond acceptors (Lipinski definition) is 2. The van der Waals surface area contributed by atoms with Crippen LogP contribution in [-0.4, -0.2) is 31.5 Å². The average molecular weight is 371 g/mol. The number of carbonyl (C=O) groups is 1. The van der Waals surface area contributed by atoms with Gasteiger partial charge in [-0.1, -0.05) is 29.3 Å². The molecule has 7 heteroatoms. The van der Waals surface area contributed by atoms with Crippen LogP contribution in [0.1, 0.15) is 44.2 Å². The zero-order valence-electron chi connectivity index (χ0n) is 14.0. The van der Waals surface area contributed by atoms with Crippen LogP contribution in [0.2, 0.25) is 10.0 Å². The minimum atomic E-state index is 0.0316. The smallest absolute Gasteiger partial charge is 0.220 e. The fourth-order valence-electron chi connectivity index (χ4n) is 2.25. The van der Waals surface area contributed by atoms with Crippen molar-refractivity contribution >= 4 is 35.1 Å². The molecular formula is C17H24Cl2N4O. The van der Waals surface area contributed by atoms with Crippen molar-refractivity contribution in [2.75, 3.05) is 13.6 Å². The lowest BCUT2D eigenvalue weighted by Crippen LogP contribution is -2.39. The Labute approximate surface area is 153 Å². The predicted octanol–water partition coefficient (Wildman–Crippen LogP) is 3.28. The van der Waals surface area contributed by atoms with Crippen LogP contribution in [0.3, 0.4) is 0 Å². The molecule has 0 heterocycles. The number of amides is 1. The van der Waals surface area contributed by atoms with Gasteiger partial charge >= 0.3 is 0 Å². The second-order valence-corrected chi connectivity index (χ2v) is 6.80. The third-order valence-electron chi connectivity index (χ3n) is 3.84. The van der Waals surface area contributed by atoms with E-state index in [4.69, 9.17) is 23.2 Å². The molecule has 1 saturated carbocycles. The van der Waals surface area contributed by atoms with E-state index in [1.165, 1.54) is 0 Å². The largest absolute Gasteiger partial charge is 0.356 e. The highest BCUT2D eigenvalue weighted by Gasteiger charge is 2.22. The summed E-state index contributed by atoms with van der Waals surface area (Å²) in [5.41, 5.74) is 1.02. The molecule has 0 bridgehead atoms. The summed E-state index contributed by atoms with van der Waals surface area (Å²) < 4.78 is 0. The van der Waals surface area contributed by atoms with Crippen LogP contribution in [-0.2, 0) is 4.79 Å². The summed E-state index contributed by atoms with van der Waals surface area (Å²) in [7, 11) is 1.72. The average Bonchev–Trinajstić information content (AvgIpc) is 3.36. The summed E-state index contributed by atoms with van der Waals surface area (Å²) in [5, 5.41) is 10.6. The molecule has 24 heavy (non-hydrogen) atoms. The molecule has 0 spiro atoms. The Balaban J connectivity index is 1.72. The van der Waals surface area contributed by atoms with E-state index in [0.29, 0.717) is 35.0 Å². The molecule has 1 aliphatic carbocycles. The predicted molar refractivity (Wildman–Crippen MR) is 99.8 cm³/mol. The van der Waals surface area contributed by atoms with Crippen LogP contribution in [0.15, 0.2) is 23.2 Å². The molecule has 132 valence electrons. The van der Waals surface area contributed by atoms with Crippen molar-refractivity contribution in [3.05, 3.63) is 33.8 Å². The lowest BCUT2D eigenvalue weighted by Gasteiger charge is -2.18. The minimum absolute atomic E-state index is 0.0316. The van der Waals surface area contributed by atoms with Gasteiger partial charge in [-0.05, 0) is 43.9 Å². The van der Waals surface area contributed by atoms with E-state index < -0.39 is 0 Å². The molecule has 5 nitrogen and oxygen atoms in total. The number of benzene rings is 1.